The Balaban J connectivity index is 0.000000107. The highest BCUT2D eigenvalue weighted by Crippen LogP contribution is 2.36. The van der Waals surface area contributed by atoms with Crippen LogP contribution in [0.15, 0.2) is 146 Å². The number of aryl methyl sites for hydroxylation is 2. The summed E-state index contributed by atoms with van der Waals surface area (Å²) < 4.78 is 26.7. The van der Waals surface area contributed by atoms with Gasteiger partial charge in [0.2, 0.25) is 0 Å². The van der Waals surface area contributed by atoms with Crippen molar-refractivity contribution in [1.29, 1.82) is 0 Å². The van der Waals surface area contributed by atoms with Gasteiger partial charge in [0.25, 0.3) is 23.6 Å². The molecule has 0 spiro atoms. The number of rotatable bonds is 8. The van der Waals surface area contributed by atoms with Crippen molar-refractivity contribution < 1.29 is 28.3 Å². The van der Waals surface area contributed by atoms with Gasteiger partial charge in [0, 0.05) is 121 Å². The standard InChI is InChI=1S/C18H16N4O2.2C17H15ClN4O.C16H12ClFN4O/c23-18(21-8-2-9-21)16-17(22-15(20-16)3-1-7-19-22)13-4-5-14-12(11-13)6-10-24-14;1-11-10-12(5-6-13(11)18)16-15(17(23)21-8-3-9-21)20-14-4-2-7-19-22(14)16;1-11-5-6-12(10-13(11)18)16-15(17(23)21-8-3-9-21)20-14-4-2-7-19-22(14)16;17-10-4-5-11(12(18)9-10)15-14(16(23)21-7-2-8-21)20-13-3-1-6-19-22(13)15/h1,3-5,7,11H,2,6,8-10H2;2*2,4-7,10H,3,8-9H2,1H3;1,3-6,9H,2,7-8H2. The smallest absolute Gasteiger partial charge is 0.274 e. The van der Waals surface area contributed by atoms with E-state index in [2.05, 4.69) is 46.4 Å². The predicted molar refractivity (Wildman–Crippen MR) is 349 cm³/mol. The normalized spacial score (nSPS) is 14.6. The minimum Gasteiger partial charge on any atom is -0.493 e. The van der Waals surface area contributed by atoms with Crippen LogP contribution in [0.3, 0.4) is 0 Å². The van der Waals surface area contributed by atoms with E-state index >= 15 is 0 Å². The van der Waals surface area contributed by atoms with Crippen LogP contribution >= 0.6 is 34.8 Å². The first-order valence-electron chi connectivity index (χ1n) is 30.5. The minimum atomic E-state index is -0.511. The van der Waals surface area contributed by atoms with Gasteiger partial charge in [-0.3, -0.25) is 19.2 Å². The van der Waals surface area contributed by atoms with Gasteiger partial charge in [-0.2, -0.15) is 20.4 Å². The van der Waals surface area contributed by atoms with E-state index in [0.717, 1.165) is 116 Å². The minimum absolute atomic E-state index is 0.0153. The number of imidazole rings is 4. The molecule has 8 aromatic heterocycles. The van der Waals surface area contributed by atoms with E-state index in [4.69, 9.17) is 39.5 Å². The van der Waals surface area contributed by atoms with E-state index in [1.807, 2.05) is 109 Å². The van der Waals surface area contributed by atoms with Gasteiger partial charge >= 0.3 is 0 Å². The molecule has 468 valence electrons. The van der Waals surface area contributed by atoms with Crippen LogP contribution in [0.5, 0.6) is 5.75 Å². The highest BCUT2D eigenvalue weighted by Gasteiger charge is 2.33. The molecule has 0 N–H and O–H groups in total. The number of hydrogen-bond acceptors (Lipinski definition) is 13. The van der Waals surface area contributed by atoms with Gasteiger partial charge in [0.05, 0.1) is 6.61 Å². The number of amides is 4. The number of halogens is 4. The molecular weight excluding hydrogens is 1250 g/mol. The van der Waals surface area contributed by atoms with Gasteiger partial charge in [-0.25, -0.2) is 42.4 Å². The summed E-state index contributed by atoms with van der Waals surface area (Å²) in [6.45, 7) is 10.8. The maximum atomic E-state index is 14.4. The third kappa shape index (κ3) is 11.6. The Morgan fingerprint density at radius 3 is 1.24 bits per heavy atom. The van der Waals surface area contributed by atoms with E-state index in [0.29, 0.717) is 85.8 Å². The van der Waals surface area contributed by atoms with Crippen molar-refractivity contribution in [2.45, 2.75) is 46.0 Å². The number of ether oxygens (including phenoxy) is 1. The number of carbonyl (C=O) groups excluding carboxylic acids is 4. The Kier molecular flexibility index (Phi) is 16.6. The summed E-state index contributed by atoms with van der Waals surface area (Å²) in [5.41, 5.74) is 12.7. The summed E-state index contributed by atoms with van der Waals surface area (Å²) in [4.78, 5) is 76.0. The van der Waals surface area contributed by atoms with Crippen LogP contribution in [0.4, 0.5) is 4.39 Å². The molecule has 0 saturated carbocycles. The van der Waals surface area contributed by atoms with Crippen LogP contribution in [-0.2, 0) is 6.42 Å². The number of fused-ring (bicyclic) bond motifs is 5. The van der Waals surface area contributed by atoms with Gasteiger partial charge in [-0.1, -0.05) is 53.0 Å². The number of nitrogens with zero attached hydrogens (tertiary/aromatic N) is 16. The lowest BCUT2D eigenvalue weighted by Gasteiger charge is -2.30. The molecule has 4 fully saturated rings. The van der Waals surface area contributed by atoms with Gasteiger partial charge in [0.1, 0.15) is 34.3 Å². The molecule has 17 rings (SSSR count). The van der Waals surface area contributed by atoms with Crippen LogP contribution in [0.25, 0.3) is 67.6 Å². The first-order valence-corrected chi connectivity index (χ1v) is 31.7. The molecule has 4 saturated heterocycles. The molecule has 4 aromatic carbocycles. The van der Waals surface area contributed by atoms with Crippen molar-refractivity contribution in [2.24, 2.45) is 0 Å². The topological polar surface area (TPSA) is 211 Å². The molecule has 21 nitrogen and oxygen atoms in total. The molecule has 0 bridgehead atoms. The maximum absolute atomic E-state index is 14.4. The quantitative estimate of drug-likeness (QED) is 0.139. The second kappa shape index (κ2) is 25.5. The fraction of sp³-hybridized carbons (Fsp3) is 0.235. The molecule has 0 unspecified atom stereocenters. The molecule has 12 aromatic rings. The van der Waals surface area contributed by atoms with E-state index in [1.165, 1.54) is 16.1 Å². The first kappa shape index (κ1) is 60.4. The SMILES string of the molecule is Cc1cc(-c2c(C(=O)N3CCC3)nc3cccnn23)ccc1Cl.Cc1ccc(-c2c(C(=O)N3CCC3)nc3cccnn23)cc1Cl.O=C(c1nc2cccnn2c1-c1ccc(Cl)cc1F)N1CCC1.O=C(c1nc2cccnn2c1-c1ccc2c(c1)CCO2)N1CCC1. The van der Waals surface area contributed by atoms with Crippen LogP contribution < -0.4 is 4.74 Å². The zero-order valence-corrected chi connectivity index (χ0v) is 52.7. The molecule has 4 amide bonds. The molecule has 0 atom stereocenters. The van der Waals surface area contributed by atoms with E-state index < -0.39 is 5.82 Å². The summed E-state index contributed by atoms with van der Waals surface area (Å²) in [5.74, 6) is 0.112. The van der Waals surface area contributed by atoms with E-state index in [9.17, 15) is 23.6 Å². The number of aromatic nitrogens is 12. The molecule has 0 aliphatic carbocycles. The number of hydrogen-bond donors (Lipinski definition) is 0. The number of benzene rings is 4. The fourth-order valence-corrected chi connectivity index (χ4v) is 11.9. The molecule has 5 aliphatic heterocycles. The third-order valence-corrected chi connectivity index (χ3v) is 18.0. The van der Waals surface area contributed by atoms with E-state index in [-0.39, 0.29) is 34.9 Å². The highest BCUT2D eigenvalue weighted by atomic mass is 35.5. The van der Waals surface area contributed by atoms with Crippen molar-refractivity contribution in [3.63, 3.8) is 0 Å². The van der Waals surface area contributed by atoms with Gasteiger partial charge < -0.3 is 24.3 Å². The summed E-state index contributed by atoms with van der Waals surface area (Å²) >= 11 is 18.2. The Morgan fingerprint density at radius 2 is 0.828 bits per heavy atom. The average Bonchev–Trinajstić information content (AvgIpc) is 1.66. The van der Waals surface area contributed by atoms with Crippen LogP contribution in [0.2, 0.25) is 15.1 Å². The molecule has 0 radical (unpaired) electrons. The van der Waals surface area contributed by atoms with Crippen LogP contribution in [-0.4, -0.2) is 161 Å². The summed E-state index contributed by atoms with van der Waals surface area (Å²) in [6, 6.07) is 36.3. The third-order valence-electron chi connectivity index (χ3n) is 17.0. The Morgan fingerprint density at radius 1 is 0.430 bits per heavy atom. The monoisotopic (exact) mass is 1300 g/mol. The van der Waals surface area contributed by atoms with Gasteiger partial charge in [-0.05, 0) is 159 Å². The second-order valence-corrected chi connectivity index (χ2v) is 24.2. The molecule has 5 aliphatic rings. The zero-order chi connectivity index (χ0) is 64.0. The Hall–Kier alpha value is -10.2. The first-order chi connectivity index (χ1) is 45.3. The summed E-state index contributed by atoms with van der Waals surface area (Å²) in [5, 5.41) is 19.0. The van der Waals surface area contributed by atoms with Crippen molar-refractivity contribution in [3.05, 3.63) is 206 Å². The second-order valence-electron chi connectivity index (χ2n) is 23.0. The van der Waals surface area contributed by atoms with E-state index in [1.54, 1.807) is 72.4 Å². The van der Waals surface area contributed by atoms with Crippen LogP contribution in [0.1, 0.15) is 84.3 Å². The van der Waals surface area contributed by atoms with Crippen LogP contribution in [0, 0.1) is 19.7 Å². The predicted octanol–water partition coefficient (Wildman–Crippen LogP) is 11.6. The highest BCUT2D eigenvalue weighted by molar-refractivity contribution is 6.32. The van der Waals surface area contributed by atoms with Crippen molar-refractivity contribution in [1.82, 2.24) is 78.0 Å². The Bertz CT molecular complexity index is 4780. The summed E-state index contributed by atoms with van der Waals surface area (Å²) in [7, 11) is 0. The van der Waals surface area contributed by atoms with Gasteiger partial charge in [0.15, 0.2) is 45.4 Å². The lowest BCUT2D eigenvalue weighted by atomic mass is 10.0. The van der Waals surface area contributed by atoms with Crippen molar-refractivity contribution >= 4 is 81.0 Å². The van der Waals surface area contributed by atoms with Crippen molar-refractivity contribution in [3.8, 4) is 50.8 Å². The zero-order valence-electron chi connectivity index (χ0n) is 50.5. The maximum Gasteiger partial charge on any atom is 0.274 e. The molecule has 93 heavy (non-hydrogen) atoms. The molecule has 13 heterocycles. The van der Waals surface area contributed by atoms with Crippen molar-refractivity contribution in [2.75, 3.05) is 59.0 Å². The lowest BCUT2D eigenvalue weighted by molar-refractivity contribution is 0.0640. The lowest BCUT2D eigenvalue weighted by Crippen LogP contribution is -2.42. The molecular formula is C68H58Cl3FN16O5. The van der Waals surface area contributed by atoms with Gasteiger partial charge in [-0.15, -0.1) is 0 Å². The number of carbonyl (C=O) groups is 4. The Labute approximate surface area is 546 Å². The largest absolute Gasteiger partial charge is 0.493 e. The fourth-order valence-electron chi connectivity index (χ4n) is 11.4. The average molecular weight is 1300 g/mol. The summed E-state index contributed by atoms with van der Waals surface area (Å²) in [6.07, 6.45) is 11.7. The number of likely N-dealkylation sites (tertiary alicyclic amines) is 4. The molecule has 25 heteroatoms.